The molecule has 0 unspecified atom stereocenters. The first-order valence-electron chi connectivity index (χ1n) is 6.68. The monoisotopic (exact) mass is 258 g/mol. The molecule has 1 saturated carbocycles. The number of nitrogens with one attached hydrogen (secondary N) is 1. The van der Waals surface area contributed by atoms with Crippen molar-refractivity contribution in [2.45, 2.75) is 58.5 Å². The van der Waals surface area contributed by atoms with Crippen molar-refractivity contribution in [2.75, 3.05) is 13.2 Å². The van der Waals surface area contributed by atoms with Crippen molar-refractivity contribution in [1.82, 2.24) is 5.48 Å². The highest BCUT2D eigenvalue weighted by molar-refractivity contribution is 5.66. The van der Waals surface area contributed by atoms with E-state index in [1.807, 2.05) is 20.8 Å². The summed E-state index contributed by atoms with van der Waals surface area (Å²) in [5.41, 5.74) is 7.63. The summed E-state index contributed by atoms with van der Waals surface area (Å²) in [6.45, 7) is 6.64. The molecule has 18 heavy (non-hydrogen) atoms. The van der Waals surface area contributed by atoms with Crippen LogP contribution in [-0.4, -0.2) is 24.8 Å². The molecule has 5 heteroatoms. The molecule has 0 aliphatic heterocycles. The van der Waals surface area contributed by atoms with E-state index < -0.39 is 11.7 Å². The second-order valence-corrected chi connectivity index (χ2v) is 6.14. The van der Waals surface area contributed by atoms with Crippen LogP contribution < -0.4 is 11.2 Å². The third-order valence-electron chi connectivity index (χ3n) is 3.27. The summed E-state index contributed by atoms with van der Waals surface area (Å²) in [6.07, 6.45) is 5.10. The fourth-order valence-corrected chi connectivity index (χ4v) is 2.44. The van der Waals surface area contributed by atoms with Crippen molar-refractivity contribution < 1.29 is 14.4 Å². The van der Waals surface area contributed by atoms with Gasteiger partial charge in [0, 0.05) is 0 Å². The highest BCUT2D eigenvalue weighted by Crippen LogP contribution is 2.40. The topological polar surface area (TPSA) is 73.6 Å². The fraction of sp³-hybridized carbons (Fsp3) is 0.923. The Bertz CT molecular complexity index is 268. The maximum absolute atomic E-state index is 11.4. The Labute approximate surface area is 109 Å². The fourth-order valence-electron chi connectivity index (χ4n) is 2.44. The van der Waals surface area contributed by atoms with Crippen LogP contribution in [0.4, 0.5) is 4.79 Å². The van der Waals surface area contributed by atoms with E-state index in [2.05, 4.69) is 5.48 Å². The zero-order valence-corrected chi connectivity index (χ0v) is 11.8. The van der Waals surface area contributed by atoms with Crippen LogP contribution in [0.5, 0.6) is 0 Å². The zero-order chi connectivity index (χ0) is 13.6. The van der Waals surface area contributed by atoms with E-state index in [4.69, 9.17) is 15.3 Å². The van der Waals surface area contributed by atoms with Gasteiger partial charge in [0.25, 0.3) is 0 Å². The number of nitrogens with two attached hydrogens (primary N) is 1. The third-order valence-corrected chi connectivity index (χ3v) is 3.27. The van der Waals surface area contributed by atoms with Gasteiger partial charge in [0.1, 0.15) is 5.60 Å². The maximum atomic E-state index is 11.4. The first-order valence-corrected chi connectivity index (χ1v) is 6.68. The first-order chi connectivity index (χ1) is 8.37. The molecule has 0 aromatic heterocycles. The van der Waals surface area contributed by atoms with Crippen LogP contribution in [0.2, 0.25) is 0 Å². The molecular formula is C13H26N2O3. The van der Waals surface area contributed by atoms with Crippen molar-refractivity contribution in [2.24, 2.45) is 11.1 Å². The molecule has 0 aromatic rings. The molecule has 106 valence electrons. The summed E-state index contributed by atoms with van der Waals surface area (Å²) in [5.74, 6) is 0. The Balaban J connectivity index is 2.29. The van der Waals surface area contributed by atoms with Gasteiger partial charge in [-0.15, -0.1) is 0 Å². The van der Waals surface area contributed by atoms with Gasteiger partial charge in [0.05, 0.1) is 6.61 Å². The molecule has 0 bridgehead atoms. The maximum Gasteiger partial charge on any atom is 0.431 e. The molecule has 0 radical (unpaired) electrons. The number of carbonyl (C=O) groups excluding carboxylic acids is 1. The van der Waals surface area contributed by atoms with Crippen LogP contribution in [-0.2, 0) is 9.57 Å². The molecule has 1 fully saturated rings. The summed E-state index contributed by atoms with van der Waals surface area (Å²) in [6, 6.07) is 0. The number of hydrogen-bond acceptors (Lipinski definition) is 4. The van der Waals surface area contributed by atoms with Gasteiger partial charge >= 0.3 is 6.09 Å². The van der Waals surface area contributed by atoms with Crippen molar-refractivity contribution in [3.05, 3.63) is 0 Å². The van der Waals surface area contributed by atoms with Gasteiger partial charge in [0.15, 0.2) is 0 Å². The van der Waals surface area contributed by atoms with E-state index in [1.165, 1.54) is 12.8 Å². The predicted molar refractivity (Wildman–Crippen MR) is 69.9 cm³/mol. The molecule has 0 atom stereocenters. The molecule has 0 aromatic carbocycles. The number of rotatable bonds is 5. The molecule has 1 rings (SSSR count). The van der Waals surface area contributed by atoms with E-state index in [-0.39, 0.29) is 5.41 Å². The van der Waals surface area contributed by atoms with Crippen LogP contribution in [0.15, 0.2) is 0 Å². The molecule has 1 aliphatic carbocycles. The molecule has 0 spiro atoms. The number of carbonyl (C=O) groups is 1. The summed E-state index contributed by atoms with van der Waals surface area (Å²) in [5, 5.41) is 0. The lowest BCUT2D eigenvalue weighted by molar-refractivity contribution is -0.0382. The molecule has 1 aliphatic rings. The molecule has 0 heterocycles. The number of hydroxylamine groups is 1. The normalized spacial score (nSPS) is 18.7. The summed E-state index contributed by atoms with van der Waals surface area (Å²) in [7, 11) is 0. The Morgan fingerprint density at radius 3 is 2.44 bits per heavy atom. The SMILES string of the molecule is CC(C)(C)OC(=O)NOCC1(CCN)CCCC1. The Morgan fingerprint density at radius 2 is 1.94 bits per heavy atom. The van der Waals surface area contributed by atoms with Gasteiger partial charge in [-0.2, -0.15) is 5.48 Å². The summed E-state index contributed by atoms with van der Waals surface area (Å²) >= 11 is 0. The molecule has 0 saturated heterocycles. The van der Waals surface area contributed by atoms with E-state index in [0.29, 0.717) is 13.2 Å². The Kier molecular flexibility index (Phi) is 5.41. The predicted octanol–water partition coefficient (Wildman–Crippen LogP) is 2.35. The standard InChI is InChI=1S/C13H26N2O3/c1-12(2,3)18-11(16)15-17-10-13(8-9-14)6-4-5-7-13/h4-10,14H2,1-3H3,(H,15,16). The van der Waals surface area contributed by atoms with Gasteiger partial charge < -0.3 is 10.5 Å². The number of ether oxygens (including phenoxy) is 1. The van der Waals surface area contributed by atoms with Crippen LogP contribution in [0.1, 0.15) is 52.9 Å². The van der Waals surface area contributed by atoms with Gasteiger partial charge in [-0.3, -0.25) is 4.84 Å². The molecule has 3 N–H and O–H groups in total. The average molecular weight is 258 g/mol. The minimum absolute atomic E-state index is 0.143. The number of hydrogen-bond donors (Lipinski definition) is 2. The van der Waals surface area contributed by atoms with Gasteiger partial charge in [0.2, 0.25) is 0 Å². The smallest absolute Gasteiger partial charge is 0.431 e. The van der Waals surface area contributed by atoms with E-state index in [1.54, 1.807) is 0 Å². The number of amides is 1. The first kappa shape index (κ1) is 15.2. The van der Waals surface area contributed by atoms with Crippen molar-refractivity contribution in [1.29, 1.82) is 0 Å². The minimum Gasteiger partial charge on any atom is -0.442 e. The molecule has 1 amide bonds. The zero-order valence-electron chi connectivity index (χ0n) is 11.8. The van der Waals surface area contributed by atoms with Crippen LogP contribution in [0.3, 0.4) is 0 Å². The Hall–Kier alpha value is -0.810. The quantitative estimate of drug-likeness (QED) is 0.742. The van der Waals surface area contributed by atoms with Crippen LogP contribution in [0, 0.1) is 5.41 Å². The lowest BCUT2D eigenvalue weighted by Gasteiger charge is -2.28. The second-order valence-electron chi connectivity index (χ2n) is 6.14. The second kappa shape index (κ2) is 6.38. The highest BCUT2D eigenvalue weighted by Gasteiger charge is 2.33. The van der Waals surface area contributed by atoms with E-state index in [0.717, 1.165) is 19.3 Å². The summed E-state index contributed by atoms with van der Waals surface area (Å²) < 4.78 is 5.10. The average Bonchev–Trinajstić information content (AvgIpc) is 2.64. The van der Waals surface area contributed by atoms with Gasteiger partial charge in [-0.1, -0.05) is 12.8 Å². The van der Waals surface area contributed by atoms with E-state index in [9.17, 15) is 4.79 Å². The molecule has 5 nitrogen and oxygen atoms in total. The van der Waals surface area contributed by atoms with Crippen LogP contribution in [0.25, 0.3) is 0 Å². The van der Waals surface area contributed by atoms with Crippen molar-refractivity contribution in [3.8, 4) is 0 Å². The third kappa shape index (κ3) is 5.23. The van der Waals surface area contributed by atoms with E-state index >= 15 is 0 Å². The van der Waals surface area contributed by atoms with Gasteiger partial charge in [-0.25, -0.2) is 4.79 Å². The Morgan fingerprint density at radius 1 is 1.33 bits per heavy atom. The van der Waals surface area contributed by atoms with Crippen LogP contribution >= 0.6 is 0 Å². The largest absolute Gasteiger partial charge is 0.442 e. The highest BCUT2D eigenvalue weighted by atomic mass is 16.7. The summed E-state index contributed by atoms with van der Waals surface area (Å²) in [4.78, 5) is 16.7. The lowest BCUT2D eigenvalue weighted by atomic mass is 9.84. The van der Waals surface area contributed by atoms with Gasteiger partial charge in [-0.05, 0) is 52.0 Å². The van der Waals surface area contributed by atoms with Crippen molar-refractivity contribution >= 4 is 6.09 Å². The minimum atomic E-state index is -0.539. The molecular weight excluding hydrogens is 232 g/mol. The van der Waals surface area contributed by atoms with Crippen molar-refractivity contribution in [3.63, 3.8) is 0 Å². The lowest BCUT2D eigenvalue weighted by Crippen LogP contribution is -2.36.